The molecule has 0 saturated carbocycles. The second-order valence-electron chi connectivity index (χ2n) is 4.66. The molecule has 0 bridgehead atoms. The topological polar surface area (TPSA) is 27.0 Å². The van der Waals surface area contributed by atoms with E-state index in [-0.39, 0.29) is 0 Å². The third-order valence-corrected chi connectivity index (χ3v) is 3.29. The molecule has 0 atom stereocenters. The SMILES string of the molecule is CCc1ccc(CN(C)c2ccccc2C#N)cc1. The Morgan fingerprint density at radius 2 is 1.63 bits per heavy atom. The number of aryl methyl sites for hydroxylation is 1. The van der Waals surface area contributed by atoms with E-state index in [1.807, 2.05) is 31.3 Å². The van der Waals surface area contributed by atoms with E-state index in [1.165, 1.54) is 11.1 Å². The van der Waals surface area contributed by atoms with Gasteiger partial charge in [0.1, 0.15) is 6.07 Å². The first kappa shape index (κ1) is 13.2. The van der Waals surface area contributed by atoms with E-state index >= 15 is 0 Å². The van der Waals surface area contributed by atoms with Gasteiger partial charge in [-0.15, -0.1) is 0 Å². The summed E-state index contributed by atoms with van der Waals surface area (Å²) in [6, 6.07) is 18.6. The molecule has 2 aromatic rings. The Morgan fingerprint density at radius 1 is 1.00 bits per heavy atom. The molecule has 19 heavy (non-hydrogen) atoms. The van der Waals surface area contributed by atoms with Crippen LogP contribution in [0.25, 0.3) is 0 Å². The van der Waals surface area contributed by atoms with Gasteiger partial charge in [0.05, 0.1) is 11.3 Å². The fraction of sp³-hybridized carbons (Fsp3) is 0.235. The van der Waals surface area contributed by atoms with E-state index in [1.54, 1.807) is 0 Å². The molecule has 96 valence electrons. The molecule has 0 fully saturated rings. The molecule has 0 aliphatic rings. The number of hydrogen-bond acceptors (Lipinski definition) is 2. The van der Waals surface area contributed by atoms with Gasteiger partial charge in [0.25, 0.3) is 0 Å². The number of hydrogen-bond donors (Lipinski definition) is 0. The second kappa shape index (κ2) is 6.06. The van der Waals surface area contributed by atoms with Crippen molar-refractivity contribution < 1.29 is 0 Å². The smallest absolute Gasteiger partial charge is 0.101 e. The molecule has 2 heteroatoms. The van der Waals surface area contributed by atoms with Crippen molar-refractivity contribution in [3.63, 3.8) is 0 Å². The standard InChI is InChI=1S/C17H18N2/c1-3-14-8-10-15(11-9-14)13-19(2)17-7-5-4-6-16(17)12-18/h4-11H,3,13H2,1-2H3. The molecule has 2 rings (SSSR count). The van der Waals surface area contributed by atoms with Crippen LogP contribution in [0.1, 0.15) is 23.6 Å². The summed E-state index contributed by atoms with van der Waals surface area (Å²) in [4.78, 5) is 2.11. The van der Waals surface area contributed by atoms with Crippen molar-refractivity contribution >= 4 is 5.69 Å². The lowest BCUT2D eigenvalue weighted by molar-refractivity contribution is 0.919. The fourth-order valence-electron chi connectivity index (χ4n) is 2.14. The van der Waals surface area contributed by atoms with Crippen molar-refractivity contribution in [2.24, 2.45) is 0 Å². The van der Waals surface area contributed by atoms with Gasteiger partial charge in [0, 0.05) is 13.6 Å². The lowest BCUT2D eigenvalue weighted by atomic mass is 10.1. The Morgan fingerprint density at radius 3 is 2.26 bits per heavy atom. The van der Waals surface area contributed by atoms with E-state index < -0.39 is 0 Å². The number of benzene rings is 2. The maximum absolute atomic E-state index is 9.13. The molecule has 0 aliphatic heterocycles. The van der Waals surface area contributed by atoms with Crippen LogP contribution in [0.2, 0.25) is 0 Å². The highest BCUT2D eigenvalue weighted by Gasteiger charge is 2.06. The van der Waals surface area contributed by atoms with Crippen LogP contribution in [0.5, 0.6) is 0 Å². The molecule has 0 radical (unpaired) electrons. The summed E-state index contributed by atoms with van der Waals surface area (Å²) >= 11 is 0. The van der Waals surface area contributed by atoms with Gasteiger partial charge in [-0.25, -0.2) is 0 Å². The lowest BCUT2D eigenvalue weighted by Crippen LogP contribution is -2.17. The van der Waals surface area contributed by atoms with Crippen molar-refractivity contribution in [3.8, 4) is 6.07 Å². The maximum Gasteiger partial charge on any atom is 0.101 e. The Hall–Kier alpha value is -2.27. The summed E-state index contributed by atoms with van der Waals surface area (Å²) in [5.41, 5.74) is 4.30. The number of para-hydroxylation sites is 1. The van der Waals surface area contributed by atoms with Gasteiger partial charge in [-0.2, -0.15) is 5.26 Å². The van der Waals surface area contributed by atoms with Gasteiger partial charge in [-0.3, -0.25) is 0 Å². The number of rotatable bonds is 4. The van der Waals surface area contributed by atoms with E-state index in [4.69, 9.17) is 5.26 Å². The summed E-state index contributed by atoms with van der Waals surface area (Å²) in [5.74, 6) is 0. The average molecular weight is 250 g/mol. The van der Waals surface area contributed by atoms with E-state index in [2.05, 4.69) is 42.2 Å². The zero-order valence-electron chi connectivity index (χ0n) is 11.4. The van der Waals surface area contributed by atoms with Crippen LogP contribution < -0.4 is 4.90 Å². The largest absolute Gasteiger partial charge is 0.369 e. The Labute approximate surface area is 114 Å². The van der Waals surface area contributed by atoms with Crippen molar-refractivity contribution in [2.45, 2.75) is 19.9 Å². The predicted molar refractivity (Wildman–Crippen MR) is 79.1 cm³/mol. The molecule has 0 heterocycles. The van der Waals surface area contributed by atoms with Crippen LogP contribution in [0, 0.1) is 11.3 Å². The van der Waals surface area contributed by atoms with E-state index in [0.29, 0.717) is 0 Å². The molecule has 0 amide bonds. The monoisotopic (exact) mass is 250 g/mol. The molecule has 0 aliphatic carbocycles. The number of nitriles is 1. The lowest BCUT2D eigenvalue weighted by Gasteiger charge is -2.20. The van der Waals surface area contributed by atoms with Gasteiger partial charge in [0.2, 0.25) is 0 Å². The fourth-order valence-corrected chi connectivity index (χ4v) is 2.14. The van der Waals surface area contributed by atoms with Crippen molar-refractivity contribution in [1.29, 1.82) is 5.26 Å². The third kappa shape index (κ3) is 3.14. The molecular weight excluding hydrogens is 232 g/mol. The van der Waals surface area contributed by atoms with Crippen molar-refractivity contribution in [1.82, 2.24) is 0 Å². The van der Waals surface area contributed by atoms with E-state index in [9.17, 15) is 0 Å². The van der Waals surface area contributed by atoms with Crippen LogP contribution in [-0.2, 0) is 13.0 Å². The van der Waals surface area contributed by atoms with Gasteiger partial charge in [-0.05, 0) is 29.7 Å². The first-order valence-corrected chi connectivity index (χ1v) is 6.52. The summed E-state index contributed by atoms with van der Waals surface area (Å²) < 4.78 is 0. The van der Waals surface area contributed by atoms with Crippen LogP contribution in [-0.4, -0.2) is 7.05 Å². The summed E-state index contributed by atoms with van der Waals surface area (Å²) in [6.07, 6.45) is 1.06. The zero-order valence-corrected chi connectivity index (χ0v) is 11.4. The first-order chi connectivity index (χ1) is 9.24. The quantitative estimate of drug-likeness (QED) is 0.826. The Kier molecular flexibility index (Phi) is 4.20. The van der Waals surface area contributed by atoms with Crippen LogP contribution >= 0.6 is 0 Å². The zero-order chi connectivity index (χ0) is 13.7. The van der Waals surface area contributed by atoms with Crippen LogP contribution in [0.15, 0.2) is 48.5 Å². The Bertz CT molecular complexity index is 579. The second-order valence-corrected chi connectivity index (χ2v) is 4.66. The molecular formula is C17H18N2. The summed E-state index contributed by atoms with van der Waals surface area (Å²) in [6.45, 7) is 2.97. The minimum absolute atomic E-state index is 0.718. The van der Waals surface area contributed by atoms with Crippen molar-refractivity contribution in [2.75, 3.05) is 11.9 Å². The highest BCUT2D eigenvalue weighted by Crippen LogP contribution is 2.20. The number of nitrogens with zero attached hydrogens (tertiary/aromatic N) is 2. The maximum atomic E-state index is 9.13. The van der Waals surface area contributed by atoms with Gasteiger partial charge in [0.15, 0.2) is 0 Å². The minimum atomic E-state index is 0.718. The predicted octanol–water partition coefficient (Wildman–Crippen LogP) is 3.76. The third-order valence-electron chi connectivity index (χ3n) is 3.29. The molecule has 0 spiro atoms. The molecule has 0 saturated heterocycles. The normalized spacial score (nSPS) is 9.95. The number of anilines is 1. The minimum Gasteiger partial charge on any atom is -0.369 e. The van der Waals surface area contributed by atoms with Gasteiger partial charge < -0.3 is 4.90 Å². The van der Waals surface area contributed by atoms with Crippen LogP contribution in [0.4, 0.5) is 5.69 Å². The average Bonchev–Trinajstić information content (AvgIpc) is 2.48. The van der Waals surface area contributed by atoms with Crippen molar-refractivity contribution in [3.05, 3.63) is 65.2 Å². The summed E-state index contributed by atoms with van der Waals surface area (Å²) in [7, 11) is 2.02. The molecule has 0 unspecified atom stereocenters. The molecule has 0 aromatic heterocycles. The highest BCUT2D eigenvalue weighted by molar-refractivity contribution is 5.58. The Balaban J connectivity index is 2.16. The van der Waals surface area contributed by atoms with E-state index in [0.717, 1.165) is 24.2 Å². The van der Waals surface area contributed by atoms with Crippen LogP contribution in [0.3, 0.4) is 0 Å². The molecule has 0 N–H and O–H groups in total. The highest BCUT2D eigenvalue weighted by atomic mass is 15.1. The molecule has 2 aromatic carbocycles. The molecule has 2 nitrogen and oxygen atoms in total. The summed E-state index contributed by atoms with van der Waals surface area (Å²) in [5, 5.41) is 9.13. The van der Waals surface area contributed by atoms with Gasteiger partial charge >= 0.3 is 0 Å². The van der Waals surface area contributed by atoms with Gasteiger partial charge in [-0.1, -0.05) is 43.3 Å². The first-order valence-electron chi connectivity index (χ1n) is 6.52.